The van der Waals surface area contributed by atoms with Crippen molar-refractivity contribution in [2.75, 3.05) is 24.9 Å². The molecule has 158 valence electrons. The van der Waals surface area contributed by atoms with Gasteiger partial charge in [0.25, 0.3) is 11.8 Å². The number of rotatable bonds is 6. The van der Waals surface area contributed by atoms with E-state index in [1.807, 2.05) is 6.07 Å². The maximum Gasteiger partial charge on any atom is 0.257 e. The maximum absolute atomic E-state index is 12.5. The Kier molecular flexibility index (Phi) is 7.18. The molecule has 7 nitrogen and oxygen atoms in total. The van der Waals surface area contributed by atoms with E-state index < -0.39 is 0 Å². The van der Waals surface area contributed by atoms with Crippen molar-refractivity contribution in [2.45, 2.75) is 0 Å². The van der Waals surface area contributed by atoms with Crippen LogP contribution in [0.2, 0.25) is 0 Å². The Morgan fingerprint density at radius 3 is 2.23 bits per heavy atom. The normalized spacial score (nSPS) is 10.0. The van der Waals surface area contributed by atoms with Crippen LogP contribution in [0.25, 0.3) is 0 Å². The van der Waals surface area contributed by atoms with Crippen LogP contribution in [0.5, 0.6) is 11.5 Å². The van der Waals surface area contributed by atoms with Crippen LogP contribution in [-0.2, 0) is 0 Å². The molecule has 3 rings (SSSR count). The van der Waals surface area contributed by atoms with Crippen LogP contribution < -0.4 is 25.4 Å². The molecule has 2 amide bonds. The molecule has 0 radical (unpaired) electrons. The van der Waals surface area contributed by atoms with Crippen molar-refractivity contribution in [3.63, 3.8) is 0 Å². The summed E-state index contributed by atoms with van der Waals surface area (Å²) < 4.78 is 10.5. The summed E-state index contributed by atoms with van der Waals surface area (Å²) in [6.45, 7) is 0. The fourth-order valence-corrected chi connectivity index (χ4v) is 2.98. The van der Waals surface area contributed by atoms with Gasteiger partial charge in [0.15, 0.2) is 5.11 Å². The summed E-state index contributed by atoms with van der Waals surface area (Å²) in [6, 6.07) is 20.7. The summed E-state index contributed by atoms with van der Waals surface area (Å²) in [4.78, 5) is 24.9. The van der Waals surface area contributed by atoms with E-state index in [0.717, 1.165) is 0 Å². The molecule has 0 saturated heterocycles. The molecule has 0 saturated carbocycles. The van der Waals surface area contributed by atoms with Crippen LogP contribution in [-0.4, -0.2) is 31.1 Å². The molecule has 0 bridgehead atoms. The van der Waals surface area contributed by atoms with E-state index in [9.17, 15) is 9.59 Å². The molecule has 3 aromatic carbocycles. The minimum Gasteiger partial charge on any atom is -0.497 e. The van der Waals surface area contributed by atoms with E-state index in [1.165, 1.54) is 14.2 Å². The first kappa shape index (κ1) is 21.8. The first-order valence-electron chi connectivity index (χ1n) is 9.31. The van der Waals surface area contributed by atoms with Crippen LogP contribution in [0.4, 0.5) is 11.4 Å². The van der Waals surface area contributed by atoms with Gasteiger partial charge in [0.2, 0.25) is 0 Å². The summed E-state index contributed by atoms with van der Waals surface area (Å²) in [5, 5.41) is 8.49. The van der Waals surface area contributed by atoms with Gasteiger partial charge in [0.1, 0.15) is 11.5 Å². The molecule has 0 atom stereocenters. The molecule has 0 aromatic heterocycles. The average molecular weight is 436 g/mol. The second-order valence-corrected chi connectivity index (χ2v) is 6.78. The van der Waals surface area contributed by atoms with Crippen molar-refractivity contribution in [3.05, 3.63) is 83.9 Å². The molecule has 0 aliphatic heterocycles. The third kappa shape index (κ3) is 5.80. The lowest BCUT2D eigenvalue weighted by atomic mass is 10.2. The summed E-state index contributed by atoms with van der Waals surface area (Å²) in [7, 11) is 3.04. The highest BCUT2D eigenvalue weighted by molar-refractivity contribution is 7.80. The number of carbonyl (C=O) groups excluding carboxylic acids is 2. The molecule has 0 spiro atoms. The Labute approximate surface area is 185 Å². The van der Waals surface area contributed by atoms with Crippen molar-refractivity contribution in [2.24, 2.45) is 0 Å². The molecule has 31 heavy (non-hydrogen) atoms. The second-order valence-electron chi connectivity index (χ2n) is 6.38. The largest absolute Gasteiger partial charge is 0.497 e. The Bertz CT molecular complexity index is 1100. The Balaban J connectivity index is 1.69. The van der Waals surface area contributed by atoms with Gasteiger partial charge in [-0.1, -0.05) is 24.3 Å². The van der Waals surface area contributed by atoms with Gasteiger partial charge < -0.3 is 20.1 Å². The maximum atomic E-state index is 12.5. The third-order valence-corrected chi connectivity index (χ3v) is 4.50. The number of carbonyl (C=O) groups is 2. The number of thiocarbonyl (C=S) groups is 1. The van der Waals surface area contributed by atoms with E-state index in [2.05, 4.69) is 16.0 Å². The molecule has 0 heterocycles. The number of methoxy groups -OCH3 is 2. The molecule has 3 N–H and O–H groups in total. The van der Waals surface area contributed by atoms with Crippen LogP contribution >= 0.6 is 12.2 Å². The zero-order valence-electron chi connectivity index (χ0n) is 17.0. The topological polar surface area (TPSA) is 88.7 Å². The van der Waals surface area contributed by atoms with Gasteiger partial charge in [-0.2, -0.15) is 0 Å². The van der Waals surface area contributed by atoms with Gasteiger partial charge in [-0.3, -0.25) is 14.9 Å². The molecular formula is C23H21N3O4S. The monoisotopic (exact) mass is 435 g/mol. The summed E-state index contributed by atoms with van der Waals surface area (Å²) in [6.07, 6.45) is 0. The number of hydrogen-bond donors (Lipinski definition) is 3. The Hall–Kier alpha value is -3.91. The van der Waals surface area contributed by atoms with Gasteiger partial charge in [0, 0.05) is 16.8 Å². The molecule has 3 aromatic rings. The van der Waals surface area contributed by atoms with Crippen molar-refractivity contribution in [1.82, 2.24) is 5.32 Å². The lowest BCUT2D eigenvalue weighted by Crippen LogP contribution is -2.34. The predicted molar refractivity (Wildman–Crippen MR) is 124 cm³/mol. The molecular weight excluding hydrogens is 414 g/mol. The molecule has 0 unspecified atom stereocenters. The zero-order chi connectivity index (χ0) is 22.2. The smallest absolute Gasteiger partial charge is 0.257 e. The fourth-order valence-electron chi connectivity index (χ4n) is 2.77. The first-order valence-corrected chi connectivity index (χ1v) is 9.72. The van der Waals surface area contributed by atoms with Crippen molar-refractivity contribution >= 4 is 40.5 Å². The average Bonchev–Trinajstić information content (AvgIpc) is 2.79. The second kappa shape index (κ2) is 10.2. The van der Waals surface area contributed by atoms with E-state index in [1.54, 1.807) is 66.7 Å². The summed E-state index contributed by atoms with van der Waals surface area (Å²) in [5.41, 5.74) is 1.96. The number of anilines is 2. The van der Waals surface area contributed by atoms with Crippen molar-refractivity contribution in [3.8, 4) is 11.5 Å². The van der Waals surface area contributed by atoms with E-state index in [0.29, 0.717) is 34.0 Å². The van der Waals surface area contributed by atoms with Crippen LogP contribution in [0.3, 0.4) is 0 Å². The van der Waals surface area contributed by atoms with Gasteiger partial charge in [0.05, 0.1) is 19.9 Å². The van der Waals surface area contributed by atoms with Gasteiger partial charge in [-0.25, -0.2) is 0 Å². The van der Waals surface area contributed by atoms with Gasteiger partial charge in [-0.05, 0) is 60.7 Å². The van der Waals surface area contributed by atoms with Crippen molar-refractivity contribution in [1.29, 1.82) is 0 Å². The molecule has 0 fully saturated rings. The fraction of sp³-hybridized carbons (Fsp3) is 0.0870. The highest BCUT2D eigenvalue weighted by Crippen LogP contribution is 2.28. The third-order valence-electron chi connectivity index (χ3n) is 4.30. The lowest BCUT2D eigenvalue weighted by Gasteiger charge is -2.14. The van der Waals surface area contributed by atoms with Crippen LogP contribution in [0.15, 0.2) is 72.8 Å². The van der Waals surface area contributed by atoms with Crippen molar-refractivity contribution < 1.29 is 19.1 Å². The predicted octanol–water partition coefficient (Wildman–Crippen LogP) is 4.08. The highest BCUT2D eigenvalue weighted by Gasteiger charge is 2.12. The van der Waals surface area contributed by atoms with E-state index in [-0.39, 0.29) is 16.9 Å². The van der Waals surface area contributed by atoms with E-state index in [4.69, 9.17) is 21.7 Å². The minimum atomic E-state index is -0.373. The minimum absolute atomic E-state index is 0.110. The molecule has 0 aliphatic rings. The number of ether oxygens (including phenoxy) is 2. The van der Waals surface area contributed by atoms with Crippen LogP contribution in [0.1, 0.15) is 20.7 Å². The quantitative estimate of drug-likeness (QED) is 0.506. The van der Waals surface area contributed by atoms with Crippen LogP contribution in [0, 0.1) is 0 Å². The number of amides is 2. The zero-order valence-corrected chi connectivity index (χ0v) is 17.8. The standard InChI is InChI=1S/C23H21N3O4S/c1-29-18-10-6-9-16(13-18)22(28)26-23(31)24-17-11-12-20(30-2)19(14-17)25-21(27)15-7-4-3-5-8-15/h3-14H,1-2H3,(H,25,27)(H2,24,26,28,31). The molecule has 0 aliphatic carbocycles. The van der Waals surface area contributed by atoms with Gasteiger partial charge in [-0.15, -0.1) is 0 Å². The van der Waals surface area contributed by atoms with E-state index >= 15 is 0 Å². The first-order chi connectivity index (χ1) is 15.0. The number of benzene rings is 3. The number of hydrogen-bond acceptors (Lipinski definition) is 5. The summed E-state index contributed by atoms with van der Waals surface area (Å²) >= 11 is 5.25. The lowest BCUT2D eigenvalue weighted by molar-refractivity contribution is 0.0976. The summed E-state index contributed by atoms with van der Waals surface area (Å²) in [5.74, 6) is 0.411. The Morgan fingerprint density at radius 1 is 0.774 bits per heavy atom. The Morgan fingerprint density at radius 2 is 1.52 bits per heavy atom. The number of nitrogens with one attached hydrogen (secondary N) is 3. The SMILES string of the molecule is COc1cccc(C(=O)NC(=S)Nc2ccc(OC)c(NC(=O)c3ccccc3)c2)c1. The van der Waals surface area contributed by atoms with Gasteiger partial charge >= 0.3 is 0 Å². The highest BCUT2D eigenvalue weighted by atomic mass is 32.1. The molecule has 8 heteroatoms.